The monoisotopic (exact) mass is 294 g/mol. The van der Waals surface area contributed by atoms with Crippen LogP contribution in [0, 0.1) is 11.3 Å². The van der Waals surface area contributed by atoms with E-state index >= 15 is 0 Å². The Labute approximate surface area is 112 Å². The van der Waals surface area contributed by atoms with Gasteiger partial charge in [0.2, 0.25) is 0 Å². The van der Waals surface area contributed by atoms with Crippen LogP contribution in [0.4, 0.5) is 0 Å². The lowest BCUT2D eigenvalue weighted by molar-refractivity contribution is 0.455. The molecule has 0 amide bonds. The molecule has 1 fully saturated rings. The van der Waals surface area contributed by atoms with Gasteiger partial charge in [0.05, 0.1) is 5.84 Å². The Balaban J connectivity index is 1.99. The molecule has 0 bridgehead atoms. The van der Waals surface area contributed by atoms with Crippen LogP contribution in [0.1, 0.15) is 31.2 Å². The van der Waals surface area contributed by atoms with Gasteiger partial charge in [0.15, 0.2) is 0 Å². The summed E-state index contributed by atoms with van der Waals surface area (Å²) in [5.74, 6) is 1.29. The number of nitrogens with one attached hydrogen (secondary N) is 1. The summed E-state index contributed by atoms with van der Waals surface area (Å²) in [7, 11) is 2.03. The van der Waals surface area contributed by atoms with Crippen molar-refractivity contribution >= 4 is 21.8 Å². The van der Waals surface area contributed by atoms with E-state index in [1.54, 1.807) is 0 Å². The molecule has 1 saturated carbocycles. The van der Waals surface area contributed by atoms with Crippen LogP contribution in [0.5, 0.6) is 0 Å². The zero-order valence-corrected chi connectivity index (χ0v) is 11.8. The van der Waals surface area contributed by atoms with Crippen LogP contribution in [0.3, 0.4) is 0 Å². The van der Waals surface area contributed by atoms with Gasteiger partial charge in [0.1, 0.15) is 0 Å². The highest BCUT2D eigenvalue weighted by atomic mass is 79.9. The summed E-state index contributed by atoms with van der Waals surface area (Å²) in [4.78, 5) is 2.08. The van der Waals surface area contributed by atoms with Crippen LogP contribution in [-0.2, 0) is 6.54 Å². The quantitative estimate of drug-likeness (QED) is 0.661. The van der Waals surface area contributed by atoms with Crippen molar-refractivity contribution in [1.29, 1.82) is 5.41 Å². The molecule has 1 N–H and O–H groups in total. The maximum absolute atomic E-state index is 8.22. The maximum Gasteiger partial charge on any atom is 0.0989 e. The second kappa shape index (κ2) is 5.67. The Morgan fingerprint density at radius 1 is 1.35 bits per heavy atom. The van der Waals surface area contributed by atoms with Crippen molar-refractivity contribution in [1.82, 2.24) is 4.90 Å². The summed E-state index contributed by atoms with van der Waals surface area (Å²) < 4.78 is 1.13. The SMILES string of the molecule is CN(Cc1ccccc1Br)C(=N)C1CCCC1. The van der Waals surface area contributed by atoms with Crippen LogP contribution in [0.2, 0.25) is 0 Å². The predicted molar refractivity (Wildman–Crippen MR) is 75.3 cm³/mol. The fourth-order valence-corrected chi connectivity index (χ4v) is 2.89. The summed E-state index contributed by atoms with van der Waals surface area (Å²) >= 11 is 3.56. The lowest BCUT2D eigenvalue weighted by atomic mass is 10.1. The maximum atomic E-state index is 8.22. The van der Waals surface area contributed by atoms with E-state index in [1.165, 1.54) is 31.2 Å². The average Bonchev–Trinajstić information content (AvgIpc) is 2.84. The van der Waals surface area contributed by atoms with Gasteiger partial charge in [-0.3, -0.25) is 5.41 Å². The Kier molecular flexibility index (Phi) is 4.21. The van der Waals surface area contributed by atoms with Gasteiger partial charge in [-0.05, 0) is 24.5 Å². The van der Waals surface area contributed by atoms with E-state index in [0.29, 0.717) is 5.92 Å². The molecule has 17 heavy (non-hydrogen) atoms. The van der Waals surface area contributed by atoms with Crippen LogP contribution in [-0.4, -0.2) is 17.8 Å². The van der Waals surface area contributed by atoms with E-state index in [-0.39, 0.29) is 0 Å². The normalized spacial score (nSPS) is 16.1. The molecule has 1 aliphatic rings. The van der Waals surface area contributed by atoms with E-state index < -0.39 is 0 Å². The lowest BCUT2D eigenvalue weighted by Crippen LogP contribution is -2.30. The minimum absolute atomic E-state index is 0.488. The lowest BCUT2D eigenvalue weighted by Gasteiger charge is -2.24. The molecule has 0 radical (unpaired) electrons. The largest absolute Gasteiger partial charge is 0.359 e. The zero-order valence-electron chi connectivity index (χ0n) is 10.2. The van der Waals surface area contributed by atoms with E-state index in [0.717, 1.165) is 16.9 Å². The van der Waals surface area contributed by atoms with Gasteiger partial charge in [-0.15, -0.1) is 0 Å². The van der Waals surface area contributed by atoms with Crippen molar-refractivity contribution < 1.29 is 0 Å². The summed E-state index contributed by atoms with van der Waals surface area (Å²) in [6.45, 7) is 0.816. The highest BCUT2D eigenvalue weighted by Gasteiger charge is 2.22. The van der Waals surface area contributed by atoms with E-state index in [4.69, 9.17) is 5.41 Å². The fourth-order valence-electron chi connectivity index (χ4n) is 2.48. The molecule has 0 saturated heterocycles. The average molecular weight is 295 g/mol. The molecule has 92 valence electrons. The third-order valence-electron chi connectivity index (χ3n) is 3.52. The third kappa shape index (κ3) is 3.09. The molecule has 0 heterocycles. The number of nitrogens with zero attached hydrogens (tertiary/aromatic N) is 1. The summed E-state index contributed by atoms with van der Waals surface area (Å²) in [6.07, 6.45) is 4.96. The second-order valence-electron chi connectivity index (χ2n) is 4.81. The summed E-state index contributed by atoms with van der Waals surface area (Å²) in [6, 6.07) is 8.24. The third-order valence-corrected chi connectivity index (χ3v) is 4.29. The Hall–Kier alpha value is -0.830. The fraction of sp³-hybridized carbons (Fsp3) is 0.500. The topological polar surface area (TPSA) is 27.1 Å². The predicted octanol–water partition coefficient (Wildman–Crippen LogP) is 4.05. The Morgan fingerprint density at radius 3 is 2.65 bits per heavy atom. The molecule has 1 aromatic carbocycles. The minimum atomic E-state index is 0.488. The summed E-state index contributed by atoms with van der Waals surface area (Å²) in [5.41, 5.74) is 1.25. The van der Waals surface area contributed by atoms with Crippen molar-refractivity contribution in [2.75, 3.05) is 7.05 Å². The van der Waals surface area contributed by atoms with Crippen LogP contribution in [0.25, 0.3) is 0 Å². The standard InChI is InChI=1S/C14H19BrN2/c1-17(14(16)11-6-2-3-7-11)10-12-8-4-5-9-13(12)15/h4-5,8-9,11,16H,2-3,6-7,10H2,1H3. The molecule has 0 aromatic heterocycles. The molecule has 1 aliphatic carbocycles. The van der Waals surface area contributed by atoms with Crippen molar-refractivity contribution in [3.05, 3.63) is 34.3 Å². The number of rotatable bonds is 3. The van der Waals surface area contributed by atoms with E-state index in [9.17, 15) is 0 Å². The van der Waals surface area contributed by atoms with Crippen molar-refractivity contribution in [3.63, 3.8) is 0 Å². The van der Waals surface area contributed by atoms with Gasteiger partial charge in [-0.1, -0.05) is 47.0 Å². The molecule has 2 nitrogen and oxygen atoms in total. The second-order valence-corrected chi connectivity index (χ2v) is 5.67. The van der Waals surface area contributed by atoms with Crippen LogP contribution >= 0.6 is 15.9 Å². The highest BCUT2D eigenvalue weighted by molar-refractivity contribution is 9.10. The number of amidine groups is 1. The minimum Gasteiger partial charge on any atom is -0.359 e. The van der Waals surface area contributed by atoms with E-state index in [2.05, 4.69) is 33.0 Å². The molecule has 2 rings (SSSR count). The first-order chi connectivity index (χ1) is 8.18. The van der Waals surface area contributed by atoms with E-state index in [1.807, 2.05) is 19.2 Å². The number of benzene rings is 1. The summed E-state index contributed by atoms with van der Waals surface area (Å²) in [5, 5.41) is 8.22. The molecule has 0 aliphatic heterocycles. The molecule has 0 unspecified atom stereocenters. The Morgan fingerprint density at radius 2 is 2.00 bits per heavy atom. The first kappa shape index (κ1) is 12.6. The molecule has 1 aromatic rings. The zero-order chi connectivity index (χ0) is 12.3. The molecular weight excluding hydrogens is 276 g/mol. The highest BCUT2D eigenvalue weighted by Crippen LogP contribution is 2.27. The smallest absolute Gasteiger partial charge is 0.0989 e. The van der Waals surface area contributed by atoms with Gasteiger partial charge in [0, 0.05) is 24.0 Å². The van der Waals surface area contributed by atoms with Gasteiger partial charge < -0.3 is 4.90 Å². The van der Waals surface area contributed by atoms with Crippen molar-refractivity contribution in [3.8, 4) is 0 Å². The molecular formula is C14H19BrN2. The van der Waals surface area contributed by atoms with Gasteiger partial charge >= 0.3 is 0 Å². The molecule has 0 atom stereocenters. The first-order valence-electron chi connectivity index (χ1n) is 6.21. The van der Waals surface area contributed by atoms with Gasteiger partial charge in [0.25, 0.3) is 0 Å². The number of hydrogen-bond acceptors (Lipinski definition) is 1. The van der Waals surface area contributed by atoms with Crippen LogP contribution < -0.4 is 0 Å². The molecule has 0 spiro atoms. The van der Waals surface area contributed by atoms with Crippen molar-refractivity contribution in [2.24, 2.45) is 5.92 Å². The van der Waals surface area contributed by atoms with Crippen molar-refractivity contribution in [2.45, 2.75) is 32.2 Å². The number of hydrogen-bond donors (Lipinski definition) is 1. The van der Waals surface area contributed by atoms with Crippen LogP contribution in [0.15, 0.2) is 28.7 Å². The van der Waals surface area contributed by atoms with Gasteiger partial charge in [-0.2, -0.15) is 0 Å². The molecule has 3 heteroatoms. The Bertz CT molecular complexity index is 397. The van der Waals surface area contributed by atoms with Gasteiger partial charge in [-0.25, -0.2) is 0 Å². The first-order valence-corrected chi connectivity index (χ1v) is 7.01. The number of halogens is 1.